The molecule has 0 spiro atoms. The molecule has 0 saturated carbocycles. The van der Waals surface area contributed by atoms with E-state index >= 15 is 0 Å². The molecule has 0 saturated heterocycles. The van der Waals surface area contributed by atoms with E-state index in [1.165, 1.54) is 6.07 Å². The molecule has 14 heavy (non-hydrogen) atoms. The normalized spacial score (nSPS) is 12.1. The van der Waals surface area contributed by atoms with E-state index in [4.69, 9.17) is 0 Å². The van der Waals surface area contributed by atoms with Gasteiger partial charge >= 0.3 is 0 Å². The van der Waals surface area contributed by atoms with E-state index in [-0.39, 0.29) is 23.1 Å². The summed E-state index contributed by atoms with van der Waals surface area (Å²) in [5, 5.41) is 8.74. The SMILES string of the molecule is CCC(C)NC(=O)c1cc(=O)cn[nH]1. The molecule has 0 fully saturated rings. The van der Waals surface area contributed by atoms with Gasteiger partial charge in [-0.15, -0.1) is 0 Å². The monoisotopic (exact) mass is 195 g/mol. The zero-order chi connectivity index (χ0) is 10.6. The third-order valence-corrected chi connectivity index (χ3v) is 1.90. The van der Waals surface area contributed by atoms with Crippen molar-refractivity contribution < 1.29 is 4.79 Å². The van der Waals surface area contributed by atoms with E-state index in [1.54, 1.807) is 0 Å². The first-order valence-electron chi connectivity index (χ1n) is 4.49. The first-order chi connectivity index (χ1) is 6.63. The van der Waals surface area contributed by atoms with Gasteiger partial charge in [0.2, 0.25) is 5.43 Å². The lowest BCUT2D eigenvalue weighted by Gasteiger charge is -2.10. The van der Waals surface area contributed by atoms with Crippen LogP contribution in [0.5, 0.6) is 0 Å². The number of aromatic nitrogens is 2. The van der Waals surface area contributed by atoms with Crippen LogP contribution < -0.4 is 10.7 Å². The number of carbonyl (C=O) groups excluding carboxylic acids is 1. The molecule has 1 unspecified atom stereocenters. The van der Waals surface area contributed by atoms with Crippen molar-refractivity contribution >= 4 is 5.91 Å². The van der Waals surface area contributed by atoms with Crippen LogP contribution in [0.1, 0.15) is 30.8 Å². The second kappa shape index (κ2) is 4.55. The maximum absolute atomic E-state index is 11.4. The van der Waals surface area contributed by atoms with Gasteiger partial charge in [-0.05, 0) is 13.3 Å². The highest BCUT2D eigenvalue weighted by molar-refractivity contribution is 5.92. The maximum Gasteiger partial charge on any atom is 0.269 e. The van der Waals surface area contributed by atoms with Crippen LogP contribution in [0.3, 0.4) is 0 Å². The largest absolute Gasteiger partial charge is 0.348 e. The van der Waals surface area contributed by atoms with Gasteiger partial charge in [-0.3, -0.25) is 14.7 Å². The summed E-state index contributed by atoms with van der Waals surface area (Å²) in [4.78, 5) is 22.3. The zero-order valence-electron chi connectivity index (χ0n) is 8.20. The van der Waals surface area contributed by atoms with Crippen molar-refractivity contribution in [3.8, 4) is 0 Å². The Morgan fingerprint density at radius 2 is 2.43 bits per heavy atom. The summed E-state index contributed by atoms with van der Waals surface area (Å²) in [5.41, 5.74) is -0.0872. The standard InChI is InChI=1S/C9H13N3O2/c1-3-6(2)11-9(14)8-4-7(13)5-10-12-8/h4-6H,3H2,1-2H3,(H,11,14)(H,12,13). The van der Waals surface area contributed by atoms with Gasteiger partial charge in [0, 0.05) is 12.1 Å². The van der Waals surface area contributed by atoms with Gasteiger partial charge < -0.3 is 5.32 Å². The minimum absolute atomic E-state index is 0.0891. The number of hydrogen-bond donors (Lipinski definition) is 2. The van der Waals surface area contributed by atoms with E-state index < -0.39 is 0 Å². The number of carbonyl (C=O) groups is 1. The molecule has 0 aliphatic rings. The molecular formula is C9H13N3O2. The third-order valence-electron chi connectivity index (χ3n) is 1.90. The van der Waals surface area contributed by atoms with Crippen LogP contribution in [-0.4, -0.2) is 22.1 Å². The van der Waals surface area contributed by atoms with Gasteiger partial charge in [0.1, 0.15) is 5.69 Å². The minimum atomic E-state index is -0.301. The molecule has 1 amide bonds. The van der Waals surface area contributed by atoms with Crippen molar-refractivity contribution in [2.24, 2.45) is 0 Å². The molecule has 0 aliphatic heterocycles. The zero-order valence-corrected chi connectivity index (χ0v) is 8.20. The highest BCUT2D eigenvalue weighted by Crippen LogP contribution is 1.92. The lowest BCUT2D eigenvalue weighted by molar-refractivity contribution is 0.0933. The Kier molecular flexibility index (Phi) is 3.39. The van der Waals surface area contributed by atoms with E-state index in [1.807, 2.05) is 13.8 Å². The Bertz CT molecular complexity index is 372. The second-order valence-electron chi connectivity index (χ2n) is 3.11. The topological polar surface area (TPSA) is 74.8 Å². The summed E-state index contributed by atoms with van der Waals surface area (Å²) >= 11 is 0. The molecule has 76 valence electrons. The quantitative estimate of drug-likeness (QED) is 0.728. The summed E-state index contributed by atoms with van der Waals surface area (Å²) in [6.07, 6.45) is 1.97. The highest BCUT2D eigenvalue weighted by atomic mass is 16.2. The van der Waals surface area contributed by atoms with Gasteiger partial charge in [0.05, 0.1) is 6.20 Å². The fourth-order valence-electron chi connectivity index (χ4n) is 0.897. The number of amides is 1. The Balaban J connectivity index is 2.75. The number of nitrogens with zero attached hydrogens (tertiary/aromatic N) is 1. The number of nitrogens with one attached hydrogen (secondary N) is 2. The van der Waals surface area contributed by atoms with E-state index in [0.29, 0.717) is 0 Å². The molecule has 0 bridgehead atoms. The van der Waals surface area contributed by atoms with Gasteiger partial charge in [0.25, 0.3) is 5.91 Å². The first-order valence-corrected chi connectivity index (χ1v) is 4.49. The molecule has 0 aromatic carbocycles. The molecular weight excluding hydrogens is 182 g/mol. The highest BCUT2D eigenvalue weighted by Gasteiger charge is 2.08. The minimum Gasteiger partial charge on any atom is -0.348 e. The number of rotatable bonds is 3. The molecule has 1 aromatic heterocycles. The van der Waals surface area contributed by atoms with Gasteiger partial charge in [0.15, 0.2) is 0 Å². The molecule has 2 N–H and O–H groups in total. The van der Waals surface area contributed by atoms with Crippen molar-refractivity contribution in [1.82, 2.24) is 15.5 Å². The summed E-state index contributed by atoms with van der Waals surface area (Å²) in [5.74, 6) is -0.301. The summed E-state index contributed by atoms with van der Waals surface area (Å²) < 4.78 is 0. The lowest BCUT2D eigenvalue weighted by Crippen LogP contribution is -2.33. The predicted molar refractivity (Wildman–Crippen MR) is 52.1 cm³/mol. The van der Waals surface area contributed by atoms with Crippen LogP contribution >= 0.6 is 0 Å². The fraction of sp³-hybridized carbons (Fsp3) is 0.444. The maximum atomic E-state index is 11.4. The van der Waals surface area contributed by atoms with Crippen molar-refractivity contribution in [3.05, 3.63) is 28.2 Å². The summed E-state index contributed by atoms with van der Waals surface area (Å²) in [7, 11) is 0. The van der Waals surface area contributed by atoms with E-state index in [9.17, 15) is 9.59 Å². The van der Waals surface area contributed by atoms with Crippen LogP contribution in [0.15, 0.2) is 17.1 Å². The average Bonchev–Trinajstić information content (AvgIpc) is 2.17. The molecule has 5 heteroatoms. The molecule has 1 aromatic rings. The van der Waals surface area contributed by atoms with Gasteiger partial charge in [-0.2, -0.15) is 5.10 Å². The first kappa shape index (κ1) is 10.4. The van der Waals surface area contributed by atoms with Gasteiger partial charge in [-0.1, -0.05) is 6.92 Å². The molecule has 1 heterocycles. The molecule has 5 nitrogen and oxygen atoms in total. The number of hydrogen-bond acceptors (Lipinski definition) is 3. The Labute approximate surface area is 81.5 Å². The second-order valence-corrected chi connectivity index (χ2v) is 3.11. The van der Waals surface area contributed by atoms with E-state index in [2.05, 4.69) is 15.5 Å². The summed E-state index contributed by atoms with van der Waals surface area (Å²) in [6, 6.07) is 1.32. The molecule has 1 atom stereocenters. The Morgan fingerprint density at radius 1 is 1.71 bits per heavy atom. The van der Waals surface area contributed by atoms with Crippen molar-refractivity contribution in [1.29, 1.82) is 0 Å². The summed E-state index contributed by atoms with van der Waals surface area (Å²) in [6.45, 7) is 3.86. The average molecular weight is 195 g/mol. The smallest absolute Gasteiger partial charge is 0.269 e. The molecule has 1 rings (SSSR count). The van der Waals surface area contributed by atoms with Crippen LogP contribution in [0.4, 0.5) is 0 Å². The number of H-pyrrole nitrogens is 1. The lowest BCUT2D eigenvalue weighted by atomic mass is 10.2. The Morgan fingerprint density at radius 3 is 3.00 bits per heavy atom. The van der Waals surface area contributed by atoms with Crippen LogP contribution in [0.2, 0.25) is 0 Å². The molecule has 0 aliphatic carbocycles. The Hall–Kier alpha value is -1.65. The van der Waals surface area contributed by atoms with Crippen molar-refractivity contribution in [3.63, 3.8) is 0 Å². The van der Waals surface area contributed by atoms with Crippen LogP contribution in [-0.2, 0) is 0 Å². The third kappa shape index (κ3) is 2.69. The fourth-order valence-corrected chi connectivity index (χ4v) is 0.897. The van der Waals surface area contributed by atoms with Crippen LogP contribution in [0.25, 0.3) is 0 Å². The van der Waals surface area contributed by atoms with Crippen molar-refractivity contribution in [2.75, 3.05) is 0 Å². The van der Waals surface area contributed by atoms with Gasteiger partial charge in [-0.25, -0.2) is 0 Å². The predicted octanol–water partition coefficient (Wildman–Crippen LogP) is 0.298. The number of aromatic amines is 1. The molecule has 0 radical (unpaired) electrons. The van der Waals surface area contributed by atoms with Crippen LogP contribution in [0, 0.1) is 0 Å². The van der Waals surface area contributed by atoms with Crippen molar-refractivity contribution in [2.45, 2.75) is 26.3 Å². The van der Waals surface area contributed by atoms with E-state index in [0.717, 1.165) is 12.6 Å².